The molecule has 0 aromatic carbocycles. The normalized spacial score (nSPS) is 13.8. The highest BCUT2D eigenvalue weighted by atomic mass is 35.5. The number of aliphatic hydroxyl groups excluding tert-OH is 1. The van der Waals surface area contributed by atoms with Gasteiger partial charge in [0.25, 0.3) is 0 Å². The third-order valence-electron chi connectivity index (χ3n) is 18.0. The summed E-state index contributed by atoms with van der Waals surface area (Å²) >= 11 is 58.6. The van der Waals surface area contributed by atoms with E-state index in [0.717, 1.165) is 124 Å². The number of nitrogens with zero attached hydrogens (tertiary/aromatic N) is 7. The average molecular weight is 1920 g/mol. The summed E-state index contributed by atoms with van der Waals surface area (Å²) in [5, 5.41) is 39.2. The number of pyridine rings is 5. The standard InChI is InChI=1S/C17H19ClFN3S2.C16H18ClFN4S2.C15H14Cl2FN3S2.C15H15Cl2N3OS2.C15H16ClFN4S2/c1-9-14(6-12(20)10(2)19)24-17-13(7-15(18)22-16(9)17)21-8-11-4-3-5-23-11;1-8-12(5-10(19)9(2)18)24-16-11(6-13(17)22-15(8)16)21-7-14-20-3-4-23-14;1-7(19)12(18)15-11(17)13-14(23-15)9(5-10(16)21-13)20-6-8-3-2-4-22-8;1-7(18)13(21)15-11(17)12-14(23-15)9(5-10(16)20-12)19-6-8-3-2-4-22-8;1-7(18)3-10-8(2)14-15(22-10)9(4-11(16)21-14)19-6-13-20-5-12(17)23-13/h3-5,7,10,12H,6,8,20H2,1-2H3,(H,21,22);3-4,6,9-10H,5,7,19H2,1-2H3,(H,21,22);2-5,7,12H,6,19H2,1H3,(H,20,21);2-5,7,13,21H,6,18H2,1H3,(H,19,20);4-5,7H,3,6,18H2,1-2H3,(H,19,21)/t10-,12+;9-,10+;7-,12?;7-,13?;7-/m01000/s1. The first-order chi connectivity index (χ1) is 55.8. The van der Waals surface area contributed by atoms with E-state index < -0.39 is 48.8 Å². The van der Waals surface area contributed by atoms with E-state index in [2.05, 4.69) is 79.0 Å². The number of anilines is 5. The number of hydrogen-bond donors (Lipinski definition) is 11. The highest BCUT2D eigenvalue weighted by molar-refractivity contribution is 7.22. The summed E-state index contributed by atoms with van der Waals surface area (Å²) in [7, 11) is 0. The summed E-state index contributed by atoms with van der Waals surface area (Å²) in [4.78, 5) is 38.2. The van der Waals surface area contributed by atoms with Crippen molar-refractivity contribution in [3.63, 3.8) is 0 Å². The van der Waals surface area contributed by atoms with Gasteiger partial charge in [-0.05, 0) is 113 Å². The molecule has 0 aliphatic carbocycles. The Morgan fingerprint density at radius 1 is 0.419 bits per heavy atom. The van der Waals surface area contributed by atoms with E-state index in [0.29, 0.717) is 95.6 Å². The lowest BCUT2D eigenvalue weighted by molar-refractivity contribution is 0.157. The lowest BCUT2D eigenvalue weighted by Crippen LogP contribution is -2.31. The molecule has 622 valence electrons. The minimum absolute atomic E-state index is 0.0898. The molecule has 0 radical (unpaired) electrons. The number of thiazole rings is 2. The number of aliphatic hydroxyl groups is 1. The summed E-state index contributed by atoms with van der Waals surface area (Å²) in [6, 6.07) is 19.2. The van der Waals surface area contributed by atoms with Crippen LogP contribution in [0.5, 0.6) is 0 Å². The van der Waals surface area contributed by atoms with Gasteiger partial charge in [-0.1, -0.05) is 111 Å². The van der Waals surface area contributed by atoms with Crippen LogP contribution in [0.4, 0.5) is 46.0 Å². The fourth-order valence-corrected chi connectivity index (χ4v) is 22.9. The largest absolute Gasteiger partial charge is 0.386 e. The molecule has 15 rings (SSSR count). The highest BCUT2D eigenvalue weighted by Crippen LogP contribution is 2.47. The number of nitrogens with one attached hydrogen (secondary N) is 5. The van der Waals surface area contributed by atoms with Crippen LogP contribution in [0.2, 0.25) is 35.8 Å². The number of alkyl halides is 3. The van der Waals surface area contributed by atoms with E-state index >= 15 is 0 Å². The van der Waals surface area contributed by atoms with Crippen LogP contribution in [-0.2, 0) is 52.0 Å². The first-order valence-electron chi connectivity index (χ1n) is 36.2. The smallest absolute Gasteiger partial charge is 0.196 e. The Bertz CT molecular complexity index is 5490. The van der Waals surface area contributed by atoms with Crippen molar-refractivity contribution in [2.75, 3.05) is 26.6 Å². The van der Waals surface area contributed by atoms with Gasteiger partial charge in [-0.3, -0.25) is 0 Å². The topological polar surface area (TPSA) is 301 Å². The van der Waals surface area contributed by atoms with Crippen LogP contribution >= 0.6 is 195 Å². The van der Waals surface area contributed by atoms with Gasteiger partial charge in [-0.25, -0.2) is 48.1 Å². The molecule has 15 aromatic heterocycles. The van der Waals surface area contributed by atoms with Crippen molar-refractivity contribution in [1.29, 1.82) is 0 Å². The highest BCUT2D eigenvalue weighted by Gasteiger charge is 2.28. The van der Waals surface area contributed by atoms with Gasteiger partial charge in [-0.15, -0.1) is 102 Å². The molecular formula is C78H82Cl7F4N17OS10. The average Bonchev–Trinajstić information content (AvgIpc) is 1.63. The molecule has 15 aromatic rings. The SMILES string of the molecule is C[C@H](N)C(F)c1sc2c(NCc3cccs3)cc(Cl)nc2c1Cl.C[C@H](N)C(O)c1sc2c(NCc3cccs3)cc(Cl)nc2c1Cl.Cc1c(C[C@@H](N)[C@H](C)F)sc2c(NCc3cccs3)cc(Cl)nc12.Cc1c(C[C@H](C)N)sc2c(NCc3ncc(F)s3)cc(Cl)nc12.Cc1c(C[C@H](N)[C@@H](C)F)sc2c(NCc3nccs3)cc(Cl)nc12. The number of thiophene rings is 8. The molecule has 39 heteroatoms. The minimum Gasteiger partial charge on any atom is -0.386 e. The molecule has 117 heavy (non-hydrogen) atoms. The molecular weight excluding hydrogens is 1840 g/mol. The molecule has 0 saturated heterocycles. The minimum atomic E-state index is -1.33. The Morgan fingerprint density at radius 3 is 1.09 bits per heavy atom. The maximum atomic E-state index is 14.3. The van der Waals surface area contributed by atoms with E-state index in [9.17, 15) is 22.7 Å². The predicted octanol–water partition coefficient (Wildman–Crippen LogP) is 24.4. The summed E-state index contributed by atoms with van der Waals surface area (Å²) in [5.74, 6) is 0. The van der Waals surface area contributed by atoms with Crippen molar-refractivity contribution < 1.29 is 22.7 Å². The van der Waals surface area contributed by atoms with E-state index in [-0.39, 0.29) is 16.2 Å². The van der Waals surface area contributed by atoms with Crippen LogP contribution < -0.4 is 55.3 Å². The van der Waals surface area contributed by atoms with Crippen LogP contribution in [0.25, 0.3) is 51.1 Å². The first kappa shape index (κ1) is 92.1. The molecule has 0 saturated carbocycles. The number of aryl methyl sites for hydroxylation is 3. The zero-order valence-electron chi connectivity index (χ0n) is 63.9. The number of nitrogens with two attached hydrogens (primary N) is 5. The van der Waals surface area contributed by atoms with Gasteiger partial charge in [0.05, 0.1) is 108 Å². The van der Waals surface area contributed by atoms with Crippen molar-refractivity contribution in [1.82, 2.24) is 34.9 Å². The molecule has 0 aliphatic heterocycles. The maximum absolute atomic E-state index is 14.3. The van der Waals surface area contributed by atoms with Crippen LogP contribution in [-0.4, -0.2) is 82.5 Å². The van der Waals surface area contributed by atoms with Crippen LogP contribution in [0.15, 0.2) is 101 Å². The lowest BCUT2D eigenvalue weighted by atomic mass is 10.1. The summed E-state index contributed by atoms with van der Waals surface area (Å²) in [6.45, 7) is 17.5. The maximum Gasteiger partial charge on any atom is 0.196 e. The molecule has 18 nitrogen and oxygen atoms in total. The van der Waals surface area contributed by atoms with Gasteiger partial charge in [0, 0.05) is 134 Å². The Hall–Kier alpha value is -5.58. The summed E-state index contributed by atoms with van der Waals surface area (Å²) < 4.78 is 58.9. The van der Waals surface area contributed by atoms with E-state index in [1.807, 2.05) is 80.2 Å². The number of hydrogen-bond acceptors (Lipinski definition) is 28. The first-order valence-corrected chi connectivity index (χ1v) is 47.3. The van der Waals surface area contributed by atoms with Gasteiger partial charge in [0.1, 0.15) is 65.3 Å². The Morgan fingerprint density at radius 2 is 0.769 bits per heavy atom. The molecule has 16 N–H and O–H groups in total. The van der Waals surface area contributed by atoms with Gasteiger partial charge in [0.15, 0.2) is 11.3 Å². The van der Waals surface area contributed by atoms with Crippen molar-refractivity contribution in [2.45, 2.75) is 162 Å². The second-order valence-corrected chi connectivity index (χ2v) is 40.4. The Balaban J connectivity index is 0.000000144. The van der Waals surface area contributed by atoms with Gasteiger partial charge in [-0.2, -0.15) is 4.39 Å². The van der Waals surface area contributed by atoms with E-state index in [1.165, 1.54) is 62.2 Å². The summed E-state index contributed by atoms with van der Waals surface area (Å²) in [6.07, 6.45) is 0.575. The fourth-order valence-electron chi connectivity index (χ4n) is 11.6. The molecule has 15 heterocycles. The lowest BCUT2D eigenvalue weighted by Gasteiger charge is -2.12. The zero-order valence-corrected chi connectivity index (χ0v) is 77.3. The monoisotopic (exact) mass is 1910 g/mol. The third kappa shape index (κ3) is 24.0. The van der Waals surface area contributed by atoms with Crippen molar-refractivity contribution in [3.8, 4) is 0 Å². The van der Waals surface area contributed by atoms with Gasteiger partial charge >= 0.3 is 0 Å². The molecule has 2 unspecified atom stereocenters. The molecule has 0 spiro atoms. The quantitative estimate of drug-likeness (QED) is 0.0168. The zero-order chi connectivity index (χ0) is 84.2. The second-order valence-electron chi connectivity index (χ2n) is 27.2. The number of aromatic nitrogens is 7. The van der Waals surface area contributed by atoms with Crippen molar-refractivity contribution in [2.24, 2.45) is 28.7 Å². The number of fused-ring (bicyclic) bond motifs is 5. The van der Waals surface area contributed by atoms with Crippen LogP contribution in [0, 0.1) is 25.9 Å². The second kappa shape index (κ2) is 42.5. The molecule has 0 fully saturated rings. The van der Waals surface area contributed by atoms with Gasteiger partial charge in [0.2, 0.25) is 0 Å². The Labute approximate surface area is 748 Å². The third-order valence-corrected chi connectivity index (χ3v) is 30.7. The van der Waals surface area contributed by atoms with Crippen molar-refractivity contribution in [3.05, 3.63) is 207 Å². The van der Waals surface area contributed by atoms with Gasteiger partial charge < -0.3 is 60.4 Å². The molecule has 0 amide bonds. The Kier molecular flexibility index (Phi) is 33.5. The molecule has 0 aliphatic rings. The molecule has 9 atom stereocenters. The van der Waals surface area contributed by atoms with Crippen molar-refractivity contribution >= 4 is 274 Å². The number of halogens is 11. The summed E-state index contributed by atoms with van der Waals surface area (Å²) in [5.41, 5.74) is 40.5. The van der Waals surface area contributed by atoms with Crippen LogP contribution in [0.1, 0.15) is 113 Å². The number of rotatable bonds is 27. The molecule has 0 bridgehead atoms. The van der Waals surface area contributed by atoms with E-state index in [1.54, 1.807) is 118 Å². The predicted molar refractivity (Wildman–Crippen MR) is 499 cm³/mol. The van der Waals surface area contributed by atoms with Crippen LogP contribution in [0.3, 0.4) is 0 Å². The van der Waals surface area contributed by atoms with E-state index in [4.69, 9.17) is 110 Å². The fraction of sp³-hybridized carbons (Fsp3) is 0.321.